The number of aliphatic hydroxyl groups excluding tert-OH is 1. The second-order valence-electron chi connectivity index (χ2n) is 4.65. The molecule has 1 aromatic heterocycles. The molecule has 1 atom stereocenters. The van der Waals surface area contributed by atoms with Gasteiger partial charge in [-0.1, -0.05) is 45.4 Å². The monoisotopic (exact) mass is 318 g/mol. The van der Waals surface area contributed by atoms with Crippen molar-refractivity contribution < 1.29 is 5.11 Å². The molecule has 3 heteroatoms. The number of unbranched alkanes of at least 4 members (excludes halogenated alkanes) is 5. The van der Waals surface area contributed by atoms with Gasteiger partial charge in [0.15, 0.2) is 0 Å². The second-order valence-corrected chi connectivity index (χ2v) is 6.56. The Balaban J connectivity index is 2.03. The molecule has 0 bridgehead atoms. The number of aliphatic hydroxyl groups is 1. The number of hydrogen-bond acceptors (Lipinski definition) is 2. The first kappa shape index (κ1) is 15.2. The molecule has 0 aromatic carbocycles. The quantitative estimate of drug-likeness (QED) is 0.623. The zero-order chi connectivity index (χ0) is 12.5. The Bertz CT molecular complexity index is 298. The molecule has 0 spiro atoms. The summed E-state index contributed by atoms with van der Waals surface area (Å²) in [5.41, 5.74) is 0. The molecule has 1 rings (SSSR count). The van der Waals surface area contributed by atoms with Crippen LogP contribution in [-0.4, -0.2) is 11.2 Å². The summed E-state index contributed by atoms with van der Waals surface area (Å²) in [4.78, 5) is 1.27. The summed E-state index contributed by atoms with van der Waals surface area (Å²) in [6, 6.07) is 2.11. The van der Waals surface area contributed by atoms with Crippen LogP contribution in [-0.2, 0) is 6.42 Å². The lowest BCUT2D eigenvalue weighted by molar-refractivity contribution is 0.161. The third-order valence-corrected chi connectivity index (χ3v) is 4.67. The summed E-state index contributed by atoms with van der Waals surface area (Å²) in [5, 5.41) is 12.0. The van der Waals surface area contributed by atoms with Crippen molar-refractivity contribution in [3.05, 3.63) is 20.8 Å². The number of hydrogen-bond donors (Lipinski definition) is 1. The largest absolute Gasteiger partial charge is 0.393 e. The van der Waals surface area contributed by atoms with Gasteiger partial charge in [-0.15, -0.1) is 11.3 Å². The van der Waals surface area contributed by atoms with E-state index in [1.165, 1.54) is 37.0 Å². The zero-order valence-electron chi connectivity index (χ0n) is 10.6. The highest BCUT2D eigenvalue weighted by atomic mass is 79.9. The summed E-state index contributed by atoms with van der Waals surface area (Å²) in [5.74, 6) is 0. The summed E-state index contributed by atoms with van der Waals surface area (Å²) < 4.78 is 1.13. The molecule has 0 saturated carbocycles. The molecule has 0 saturated heterocycles. The maximum atomic E-state index is 9.91. The van der Waals surface area contributed by atoms with Gasteiger partial charge in [-0.3, -0.25) is 0 Å². The SMILES string of the molecule is CCCCCCCCC(O)Cc1cc(Br)cs1. The fourth-order valence-electron chi connectivity index (χ4n) is 1.96. The fraction of sp³-hybridized carbons (Fsp3) is 0.714. The molecule has 98 valence electrons. The number of halogens is 1. The molecular formula is C14H23BrOS. The molecule has 1 aromatic rings. The van der Waals surface area contributed by atoms with E-state index in [9.17, 15) is 5.11 Å². The first-order chi connectivity index (χ1) is 8.22. The Morgan fingerprint density at radius 3 is 2.59 bits per heavy atom. The van der Waals surface area contributed by atoms with Crippen LogP contribution < -0.4 is 0 Å². The lowest BCUT2D eigenvalue weighted by Gasteiger charge is -2.08. The van der Waals surface area contributed by atoms with Gasteiger partial charge < -0.3 is 5.11 Å². The second kappa shape index (κ2) is 9.12. The predicted molar refractivity (Wildman–Crippen MR) is 79.7 cm³/mol. The molecular weight excluding hydrogens is 296 g/mol. The normalized spacial score (nSPS) is 12.9. The van der Waals surface area contributed by atoms with Crippen LogP contribution in [0.25, 0.3) is 0 Å². The standard InChI is InChI=1S/C14H23BrOS/c1-2-3-4-5-6-7-8-13(16)10-14-9-12(15)11-17-14/h9,11,13,16H,2-8,10H2,1H3. The van der Waals surface area contributed by atoms with E-state index in [4.69, 9.17) is 0 Å². The molecule has 0 aliphatic rings. The molecule has 0 aliphatic carbocycles. The van der Waals surface area contributed by atoms with Crippen LogP contribution in [0.2, 0.25) is 0 Å². The highest BCUT2D eigenvalue weighted by Crippen LogP contribution is 2.22. The molecule has 1 N–H and O–H groups in total. The van der Waals surface area contributed by atoms with Gasteiger partial charge in [0.05, 0.1) is 6.10 Å². The van der Waals surface area contributed by atoms with Crippen molar-refractivity contribution in [2.75, 3.05) is 0 Å². The van der Waals surface area contributed by atoms with Crippen LogP contribution in [0, 0.1) is 0 Å². The van der Waals surface area contributed by atoms with Gasteiger partial charge in [-0.25, -0.2) is 0 Å². The third kappa shape index (κ3) is 7.22. The topological polar surface area (TPSA) is 20.2 Å². The van der Waals surface area contributed by atoms with Gasteiger partial charge in [0.2, 0.25) is 0 Å². The minimum absolute atomic E-state index is 0.160. The predicted octanol–water partition coefficient (Wildman–Crippen LogP) is 5.16. The van der Waals surface area contributed by atoms with Gasteiger partial charge in [0.1, 0.15) is 0 Å². The molecule has 0 amide bonds. The van der Waals surface area contributed by atoms with Gasteiger partial charge in [0, 0.05) is 21.2 Å². The summed E-state index contributed by atoms with van der Waals surface area (Å²) >= 11 is 5.16. The van der Waals surface area contributed by atoms with Crippen molar-refractivity contribution in [2.24, 2.45) is 0 Å². The first-order valence-corrected chi connectivity index (χ1v) is 8.30. The van der Waals surface area contributed by atoms with Crippen LogP contribution >= 0.6 is 27.3 Å². The Morgan fingerprint density at radius 1 is 1.24 bits per heavy atom. The van der Waals surface area contributed by atoms with Gasteiger partial charge >= 0.3 is 0 Å². The lowest BCUT2D eigenvalue weighted by Crippen LogP contribution is -2.09. The van der Waals surface area contributed by atoms with Crippen molar-refractivity contribution in [2.45, 2.75) is 64.4 Å². The minimum Gasteiger partial charge on any atom is -0.393 e. The molecule has 0 radical (unpaired) electrons. The van der Waals surface area contributed by atoms with Gasteiger partial charge in [-0.05, 0) is 28.4 Å². The zero-order valence-corrected chi connectivity index (χ0v) is 13.0. The van der Waals surface area contributed by atoms with Crippen molar-refractivity contribution >= 4 is 27.3 Å². The Labute approximate surface area is 117 Å². The molecule has 1 heterocycles. The molecule has 1 unspecified atom stereocenters. The van der Waals surface area contributed by atoms with E-state index in [0.717, 1.165) is 23.7 Å². The first-order valence-electron chi connectivity index (χ1n) is 6.63. The molecule has 0 fully saturated rings. The van der Waals surface area contributed by atoms with E-state index >= 15 is 0 Å². The van der Waals surface area contributed by atoms with Crippen molar-refractivity contribution in [3.63, 3.8) is 0 Å². The van der Waals surface area contributed by atoms with Crippen LogP contribution in [0.15, 0.2) is 15.9 Å². The summed E-state index contributed by atoms with van der Waals surface area (Å²) in [6.07, 6.45) is 9.36. The van der Waals surface area contributed by atoms with Crippen molar-refractivity contribution in [1.82, 2.24) is 0 Å². The smallest absolute Gasteiger partial charge is 0.0588 e. The van der Waals surface area contributed by atoms with Crippen LogP contribution in [0.5, 0.6) is 0 Å². The average molecular weight is 319 g/mol. The van der Waals surface area contributed by atoms with E-state index in [1.54, 1.807) is 11.3 Å². The van der Waals surface area contributed by atoms with Crippen molar-refractivity contribution in [1.29, 1.82) is 0 Å². The number of thiophene rings is 1. The maximum Gasteiger partial charge on any atom is 0.0588 e. The summed E-state index contributed by atoms with van der Waals surface area (Å²) in [6.45, 7) is 2.24. The van der Waals surface area contributed by atoms with E-state index < -0.39 is 0 Å². The van der Waals surface area contributed by atoms with Gasteiger partial charge in [-0.2, -0.15) is 0 Å². The third-order valence-electron chi connectivity index (χ3n) is 2.95. The van der Waals surface area contributed by atoms with E-state index in [0.29, 0.717) is 0 Å². The van der Waals surface area contributed by atoms with Crippen LogP contribution in [0.3, 0.4) is 0 Å². The molecule has 0 aliphatic heterocycles. The average Bonchev–Trinajstić information content (AvgIpc) is 2.69. The van der Waals surface area contributed by atoms with E-state index in [2.05, 4.69) is 34.3 Å². The van der Waals surface area contributed by atoms with E-state index in [1.807, 2.05) is 0 Å². The van der Waals surface area contributed by atoms with Crippen LogP contribution in [0.1, 0.15) is 56.7 Å². The molecule has 17 heavy (non-hydrogen) atoms. The maximum absolute atomic E-state index is 9.91. The lowest BCUT2D eigenvalue weighted by atomic mass is 10.1. The summed E-state index contributed by atoms with van der Waals surface area (Å²) in [7, 11) is 0. The van der Waals surface area contributed by atoms with Crippen LogP contribution in [0.4, 0.5) is 0 Å². The Kier molecular flexibility index (Phi) is 8.15. The number of rotatable bonds is 9. The fourth-order valence-corrected chi connectivity index (χ4v) is 3.48. The Hall–Kier alpha value is 0.140. The highest BCUT2D eigenvalue weighted by molar-refractivity contribution is 9.10. The molecule has 1 nitrogen and oxygen atoms in total. The minimum atomic E-state index is -0.160. The van der Waals surface area contributed by atoms with Gasteiger partial charge in [0.25, 0.3) is 0 Å². The Morgan fingerprint density at radius 2 is 1.94 bits per heavy atom. The van der Waals surface area contributed by atoms with Crippen molar-refractivity contribution in [3.8, 4) is 0 Å². The van der Waals surface area contributed by atoms with E-state index in [-0.39, 0.29) is 6.10 Å². The highest BCUT2D eigenvalue weighted by Gasteiger charge is 2.07.